The standard InChI is InChI=1S/C22H19N7O2/c1-4-5-16-10-18(19(12-23-16)26-22(30)31)15-6-7-29-17(9-15)11-21(28-29)27-20-8-13(2)24-14(3)25-20/h6-12,26H,1-3H3,(H,30,31)(H,24,25,27,28). The van der Waals surface area contributed by atoms with Crippen molar-refractivity contribution in [2.24, 2.45) is 0 Å². The average Bonchev–Trinajstić information content (AvgIpc) is 3.09. The molecular weight excluding hydrogens is 394 g/mol. The summed E-state index contributed by atoms with van der Waals surface area (Å²) >= 11 is 0. The van der Waals surface area contributed by atoms with Gasteiger partial charge in [-0.15, -0.1) is 0 Å². The highest BCUT2D eigenvalue weighted by Crippen LogP contribution is 2.30. The van der Waals surface area contributed by atoms with Gasteiger partial charge in [0.05, 0.1) is 17.4 Å². The predicted molar refractivity (Wildman–Crippen MR) is 117 cm³/mol. The molecule has 0 aromatic carbocycles. The summed E-state index contributed by atoms with van der Waals surface area (Å²) in [6.45, 7) is 5.46. The van der Waals surface area contributed by atoms with Crippen molar-refractivity contribution in [3.05, 3.63) is 59.9 Å². The smallest absolute Gasteiger partial charge is 0.409 e. The molecule has 4 aromatic heterocycles. The number of rotatable bonds is 4. The first-order chi connectivity index (χ1) is 14.9. The first-order valence-electron chi connectivity index (χ1n) is 9.43. The lowest BCUT2D eigenvalue weighted by Gasteiger charge is -2.10. The molecule has 9 heteroatoms. The molecule has 9 nitrogen and oxygen atoms in total. The maximum atomic E-state index is 11.2. The molecule has 0 aliphatic carbocycles. The van der Waals surface area contributed by atoms with E-state index in [0.29, 0.717) is 34.4 Å². The second-order valence-corrected chi connectivity index (χ2v) is 6.80. The van der Waals surface area contributed by atoms with Gasteiger partial charge in [-0.05, 0) is 50.5 Å². The summed E-state index contributed by atoms with van der Waals surface area (Å²) in [5, 5.41) is 19.3. The number of fused-ring (bicyclic) bond motifs is 1. The Kier molecular flexibility index (Phi) is 5.20. The maximum absolute atomic E-state index is 11.2. The first-order valence-corrected chi connectivity index (χ1v) is 9.43. The van der Waals surface area contributed by atoms with Crippen molar-refractivity contribution in [1.82, 2.24) is 24.6 Å². The minimum absolute atomic E-state index is 0.378. The van der Waals surface area contributed by atoms with Crippen LogP contribution in [0.4, 0.5) is 22.1 Å². The molecule has 3 N–H and O–H groups in total. The summed E-state index contributed by atoms with van der Waals surface area (Å²) < 4.78 is 1.73. The molecule has 0 aliphatic heterocycles. The number of hydrogen-bond acceptors (Lipinski definition) is 6. The lowest BCUT2D eigenvalue weighted by molar-refractivity contribution is 0.209. The zero-order valence-corrected chi connectivity index (χ0v) is 17.1. The fraction of sp³-hybridized carbons (Fsp3) is 0.136. The molecule has 0 saturated heterocycles. The Bertz CT molecular complexity index is 1350. The van der Waals surface area contributed by atoms with Crippen molar-refractivity contribution >= 4 is 28.9 Å². The minimum Gasteiger partial charge on any atom is -0.465 e. The predicted octanol–water partition coefficient (Wildman–Crippen LogP) is 4.01. The molecule has 0 unspecified atom stereocenters. The van der Waals surface area contributed by atoms with Gasteiger partial charge in [-0.25, -0.2) is 24.3 Å². The SMILES string of the molecule is CC#Cc1cc(-c2ccn3nc(Nc4cc(C)nc(C)n4)cc3c2)c(NC(=O)O)cn1. The quantitative estimate of drug-likeness (QED) is 0.433. The number of carbonyl (C=O) groups is 1. The molecule has 4 aromatic rings. The fourth-order valence-electron chi connectivity index (χ4n) is 3.24. The third-order valence-electron chi connectivity index (χ3n) is 4.40. The van der Waals surface area contributed by atoms with Gasteiger partial charge in [0.2, 0.25) is 0 Å². The van der Waals surface area contributed by atoms with Gasteiger partial charge in [-0.2, -0.15) is 5.10 Å². The lowest BCUT2D eigenvalue weighted by Crippen LogP contribution is -2.09. The Morgan fingerprint density at radius 3 is 2.71 bits per heavy atom. The average molecular weight is 413 g/mol. The number of aromatic nitrogens is 5. The van der Waals surface area contributed by atoms with Gasteiger partial charge >= 0.3 is 6.09 Å². The van der Waals surface area contributed by atoms with Crippen molar-refractivity contribution in [3.63, 3.8) is 0 Å². The van der Waals surface area contributed by atoms with E-state index < -0.39 is 6.09 Å². The Hall–Kier alpha value is -4.45. The van der Waals surface area contributed by atoms with Crippen LogP contribution in [0.1, 0.15) is 24.1 Å². The van der Waals surface area contributed by atoms with Crippen LogP contribution in [0.25, 0.3) is 16.6 Å². The molecule has 0 bridgehead atoms. The number of nitrogens with zero attached hydrogens (tertiary/aromatic N) is 5. The molecule has 0 fully saturated rings. The molecule has 31 heavy (non-hydrogen) atoms. The lowest BCUT2D eigenvalue weighted by atomic mass is 10.0. The van der Waals surface area contributed by atoms with E-state index in [-0.39, 0.29) is 0 Å². The second-order valence-electron chi connectivity index (χ2n) is 6.80. The minimum atomic E-state index is -1.16. The van der Waals surface area contributed by atoms with E-state index in [1.165, 1.54) is 6.20 Å². The van der Waals surface area contributed by atoms with E-state index in [2.05, 4.69) is 42.5 Å². The van der Waals surface area contributed by atoms with E-state index in [1.54, 1.807) is 17.5 Å². The summed E-state index contributed by atoms with van der Waals surface area (Å²) in [5.41, 5.74) is 4.10. The van der Waals surface area contributed by atoms with Crippen LogP contribution >= 0.6 is 0 Å². The zero-order chi connectivity index (χ0) is 22.0. The Morgan fingerprint density at radius 1 is 1.13 bits per heavy atom. The van der Waals surface area contributed by atoms with Crippen LogP contribution < -0.4 is 10.6 Å². The monoisotopic (exact) mass is 413 g/mol. The van der Waals surface area contributed by atoms with E-state index in [4.69, 9.17) is 5.11 Å². The van der Waals surface area contributed by atoms with E-state index in [0.717, 1.165) is 16.8 Å². The largest absolute Gasteiger partial charge is 0.465 e. The fourth-order valence-corrected chi connectivity index (χ4v) is 3.24. The van der Waals surface area contributed by atoms with Crippen molar-refractivity contribution in [2.75, 3.05) is 10.6 Å². The van der Waals surface area contributed by atoms with Crippen LogP contribution in [0.5, 0.6) is 0 Å². The van der Waals surface area contributed by atoms with Gasteiger partial charge in [-0.3, -0.25) is 5.32 Å². The molecular formula is C22H19N7O2. The van der Waals surface area contributed by atoms with Crippen molar-refractivity contribution < 1.29 is 9.90 Å². The van der Waals surface area contributed by atoms with Gasteiger partial charge in [0.15, 0.2) is 5.82 Å². The summed E-state index contributed by atoms with van der Waals surface area (Å²) in [4.78, 5) is 24.0. The van der Waals surface area contributed by atoms with Crippen LogP contribution in [0.2, 0.25) is 0 Å². The molecule has 0 spiro atoms. The van der Waals surface area contributed by atoms with Gasteiger partial charge in [0.25, 0.3) is 0 Å². The van der Waals surface area contributed by atoms with E-state index in [1.807, 2.05) is 44.3 Å². The van der Waals surface area contributed by atoms with E-state index >= 15 is 0 Å². The number of hydrogen-bond donors (Lipinski definition) is 3. The number of carboxylic acid groups (broad SMARTS) is 1. The highest BCUT2D eigenvalue weighted by molar-refractivity contribution is 5.91. The molecule has 0 atom stereocenters. The van der Waals surface area contributed by atoms with Crippen molar-refractivity contribution in [3.8, 4) is 23.0 Å². The Labute approximate surface area is 178 Å². The van der Waals surface area contributed by atoms with Crippen LogP contribution in [-0.2, 0) is 0 Å². The first kappa shape index (κ1) is 19.8. The van der Waals surface area contributed by atoms with Gasteiger partial charge < -0.3 is 10.4 Å². The molecule has 0 aliphatic rings. The normalized spacial score (nSPS) is 10.4. The second kappa shape index (κ2) is 8.12. The topological polar surface area (TPSA) is 117 Å². The summed E-state index contributed by atoms with van der Waals surface area (Å²) in [6.07, 6.45) is 2.11. The van der Waals surface area contributed by atoms with Gasteiger partial charge in [0, 0.05) is 29.6 Å². The maximum Gasteiger partial charge on any atom is 0.409 e. The molecule has 154 valence electrons. The van der Waals surface area contributed by atoms with Gasteiger partial charge in [0.1, 0.15) is 17.3 Å². The molecule has 4 heterocycles. The third-order valence-corrected chi connectivity index (χ3v) is 4.40. The number of amides is 1. The number of nitrogens with one attached hydrogen (secondary N) is 2. The Balaban J connectivity index is 1.73. The summed E-state index contributed by atoms with van der Waals surface area (Å²) in [7, 11) is 0. The van der Waals surface area contributed by atoms with Crippen LogP contribution in [0.3, 0.4) is 0 Å². The van der Waals surface area contributed by atoms with Crippen molar-refractivity contribution in [2.45, 2.75) is 20.8 Å². The zero-order valence-electron chi connectivity index (χ0n) is 17.1. The highest BCUT2D eigenvalue weighted by Gasteiger charge is 2.12. The van der Waals surface area contributed by atoms with Crippen LogP contribution in [-0.4, -0.2) is 35.8 Å². The third kappa shape index (κ3) is 4.43. The highest BCUT2D eigenvalue weighted by atomic mass is 16.4. The van der Waals surface area contributed by atoms with Crippen molar-refractivity contribution in [1.29, 1.82) is 0 Å². The summed E-state index contributed by atoms with van der Waals surface area (Å²) in [5.74, 6) is 7.68. The summed E-state index contributed by atoms with van der Waals surface area (Å²) in [6, 6.07) is 9.26. The molecule has 4 rings (SSSR count). The number of pyridine rings is 2. The molecule has 0 radical (unpaired) electrons. The van der Waals surface area contributed by atoms with Crippen LogP contribution in [0.15, 0.2) is 42.7 Å². The van der Waals surface area contributed by atoms with Crippen LogP contribution in [0, 0.1) is 25.7 Å². The van der Waals surface area contributed by atoms with Gasteiger partial charge in [-0.1, -0.05) is 5.92 Å². The molecule has 1 amide bonds. The van der Waals surface area contributed by atoms with E-state index in [9.17, 15) is 4.79 Å². The number of anilines is 3. The Morgan fingerprint density at radius 2 is 1.97 bits per heavy atom. The number of aryl methyl sites for hydroxylation is 2. The molecule has 0 saturated carbocycles.